The van der Waals surface area contributed by atoms with Gasteiger partial charge in [0.05, 0.1) is 16.4 Å². The fourth-order valence-corrected chi connectivity index (χ4v) is 12.2. The molecule has 0 saturated carbocycles. The maximum atomic E-state index is 2.63. The molecule has 0 fully saturated rings. The van der Waals surface area contributed by atoms with Crippen molar-refractivity contribution in [2.75, 3.05) is 0 Å². The summed E-state index contributed by atoms with van der Waals surface area (Å²) in [6.45, 7) is 19.6. The van der Waals surface area contributed by atoms with Crippen LogP contribution >= 0.6 is 0 Å². The van der Waals surface area contributed by atoms with E-state index in [1.807, 2.05) is 0 Å². The zero-order chi connectivity index (χ0) is 38.3. The molecular weight excluding hydrogens is 675 g/mol. The molecule has 1 aromatic heterocycles. The van der Waals surface area contributed by atoms with Crippen LogP contribution in [0.1, 0.15) is 99.9 Å². The highest BCUT2D eigenvalue weighted by Crippen LogP contribution is 2.65. The fraction of sp³-hybridized carbons (Fsp3) is 0.236. The van der Waals surface area contributed by atoms with Crippen molar-refractivity contribution in [2.45, 2.75) is 77.0 Å². The molecule has 0 saturated heterocycles. The van der Waals surface area contributed by atoms with E-state index < -0.39 is 5.41 Å². The third kappa shape index (κ3) is 3.44. The predicted molar refractivity (Wildman–Crippen MR) is 234 cm³/mol. The van der Waals surface area contributed by atoms with E-state index in [1.54, 1.807) is 0 Å². The van der Waals surface area contributed by atoms with Gasteiger partial charge in [0.1, 0.15) is 0 Å². The van der Waals surface area contributed by atoms with E-state index in [-0.39, 0.29) is 21.7 Å². The van der Waals surface area contributed by atoms with Crippen LogP contribution in [0.5, 0.6) is 0 Å². The first kappa shape index (κ1) is 32.6. The van der Waals surface area contributed by atoms with Crippen LogP contribution in [0.4, 0.5) is 0 Å². The average molecular weight is 722 g/mol. The van der Waals surface area contributed by atoms with Gasteiger partial charge in [-0.1, -0.05) is 159 Å². The Labute approximate surface area is 330 Å². The second kappa shape index (κ2) is 10.0. The van der Waals surface area contributed by atoms with Crippen molar-refractivity contribution >= 4 is 21.8 Å². The van der Waals surface area contributed by atoms with E-state index in [2.05, 4.69) is 199 Å². The molecule has 0 amide bonds. The Morgan fingerprint density at radius 3 is 1.32 bits per heavy atom. The van der Waals surface area contributed by atoms with Gasteiger partial charge in [-0.3, -0.25) is 0 Å². The van der Waals surface area contributed by atoms with E-state index >= 15 is 0 Å². The minimum atomic E-state index is -0.393. The van der Waals surface area contributed by atoms with Gasteiger partial charge in [0, 0.05) is 21.9 Å². The maximum absolute atomic E-state index is 2.63. The lowest BCUT2D eigenvalue weighted by Gasteiger charge is -2.44. The molecule has 1 heteroatoms. The highest BCUT2D eigenvalue weighted by atomic mass is 15.0. The maximum Gasteiger partial charge on any atom is 0.0726 e. The van der Waals surface area contributed by atoms with Gasteiger partial charge in [0.25, 0.3) is 0 Å². The van der Waals surface area contributed by atoms with Gasteiger partial charge < -0.3 is 4.57 Å². The van der Waals surface area contributed by atoms with Crippen molar-refractivity contribution < 1.29 is 0 Å². The van der Waals surface area contributed by atoms with E-state index in [0.717, 1.165) is 0 Å². The summed E-state index contributed by atoms with van der Waals surface area (Å²) >= 11 is 0. The lowest BCUT2D eigenvalue weighted by molar-refractivity contribution is 0.125. The van der Waals surface area contributed by atoms with Crippen molar-refractivity contribution in [3.05, 3.63) is 184 Å². The zero-order valence-electron chi connectivity index (χ0n) is 33.7. The minimum Gasteiger partial charge on any atom is -0.309 e. The van der Waals surface area contributed by atoms with Crippen LogP contribution in [0.3, 0.4) is 0 Å². The third-order valence-corrected chi connectivity index (χ3v) is 16.3. The van der Waals surface area contributed by atoms with Gasteiger partial charge in [0.2, 0.25) is 0 Å². The van der Waals surface area contributed by atoms with Crippen molar-refractivity contribution in [1.82, 2.24) is 4.57 Å². The summed E-state index contributed by atoms with van der Waals surface area (Å²) in [4.78, 5) is 0. The summed E-state index contributed by atoms with van der Waals surface area (Å²) in [6, 6.07) is 54.2. The second-order valence-corrected chi connectivity index (χ2v) is 19.3. The third-order valence-electron chi connectivity index (χ3n) is 16.3. The van der Waals surface area contributed by atoms with Crippen molar-refractivity contribution in [3.63, 3.8) is 0 Å². The highest BCUT2D eigenvalue weighted by Gasteiger charge is 2.57. The Kier molecular flexibility index (Phi) is 5.82. The molecule has 0 unspecified atom stereocenters. The molecule has 272 valence electrons. The van der Waals surface area contributed by atoms with E-state index in [4.69, 9.17) is 0 Å². The average Bonchev–Trinajstić information content (AvgIpc) is 3.88. The molecule has 0 aliphatic heterocycles. The smallest absolute Gasteiger partial charge is 0.0726 e. The Hall–Kier alpha value is -5.66. The van der Waals surface area contributed by atoms with Crippen molar-refractivity contribution in [1.29, 1.82) is 0 Å². The van der Waals surface area contributed by atoms with Gasteiger partial charge in [-0.25, -0.2) is 0 Å². The summed E-state index contributed by atoms with van der Waals surface area (Å²) in [5.41, 5.74) is 22.8. The Bertz CT molecular complexity index is 3020. The van der Waals surface area contributed by atoms with E-state index in [1.165, 1.54) is 105 Å². The summed E-state index contributed by atoms with van der Waals surface area (Å²) in [6.07, 6.45) is 0. The highest BCUT2D eigenvalue weighted by molar-refractivity contribution is 6.12. The lowest BCUT2D eigenvalue weighted by Crippen LogP contribution is -2.42. The number of benzene rings is 7. The molecule has 12 rings (SSSR count). The molecular formula is C55H47N. The number of rotatable bonds is 1. The van der Waals surface area contributed by atoms with Crippen LogP contribution < -0.4 is 0 Å². The molecule has 0 atom stereocenters. The molecule has 7 aromatic carbocycles. The largest absolute Gasteiger partial charge is 0.309 e. The van der Waals surface area contributed by atoms with Gasteiger partial charge in [-0.05, 0) is 131 Å². The molecule has 8 aromatic rings. The fourth-order valence-electron chi connectivity index (χ4n) is 12.2. The number of fused-ring (bicyclic) bond motifs is 17. The van der Waals surface area contributed by atoms with Crippen molar-refractivity contribution in [2.24, 2.45) is 5.41 Å². The van der Waals surface area contributed by atoms with Gasteiger partial charge in [-0.2, -0.15) is 0 Å². The molecule has 0 bridgehead atoms. The molecule has 56 heavy (non-hydrogen) atoms. The molecule has 0 N–H and O–H groups in total. The molecule has 1 heterocycles. The summed E-state index contributed by atoms with van der Waals surface area (Å²) in [7, 11) is 0. The van der Waals surface area contributed by atoms with Gasteiger partial charge in [-0.15, -0.1) is 0 Å². The molecule has 4 aliphatic carbocycles. The van der Waals surface area contributed by atoms with Gasteiger partial charge >= 0.3 is 0 Å². The molecule has 1 nitrogen and oxygen atoms in total. The van der Waals surface area contributed by atoms with Crippen LogP contribution in [-0.4, -0.2) is 4.57 Å². The summed E-state index contributed by atoms with van der Waals surface area (Å²) < 4.78 is 2.63. The van der Waals surface area contributed by atoms with Crippen LogP contribution in [0.25, 0.3) is 60.9 Å². The first-order chi connectivity index (χ1) is 26.8. The molecule has 4 aliphatic rings. The summed E-state index contributed by atoms with van der Waals surface area (Å²) in [5.74, 6) is 0. The monoisotopic (exact) mass is 721 g/mol. The number of nitrogens with zero attached hydrogens (tertiary/aromatic N) is 1. The normalized spacial score (nSPS) is 18.7. The number of hydrogen-bond donors (Lipinski definition) is 0. The van der Waals surface area contributed by atoms with Crippen LogP contribution in [0, 0.1) is 5.41 Å². The molecule has 0 radical (unpaired) electrons. The SMILES string of the molecule is CC1(C)c2ccccc2-c2cc3c4cc5c(cc4n(-c4ccc6c(c4)C4(c7ccccc7-c7ccccc74)c4ccccc4-6)c3cc21)C(C)(C)C(C)(C)C5(C)C. The van der Waals surface area contributed by atoms with Crippen LogP contribution in [0.15, 0.2) is 140 Å². The van der Waals surface area contributed by atoms with Crippen molar-refractivity contribution in [3.8, 4) is 39.1 Å². The Morgan fingerprint density at radius 1 is 0.339 bits per heavy atom. The Balaban J connectivity index is 1.21. The predicted octanol–water partition coefficient (Wildman–Crippen LogP) is 14.0. The number of aromatic nitrogens is 1. The summed E-state index contributed by atoms with van der Waals surface area (Å²) in [5, 5.41) is 2.68. The second-order valence-electron chi connectivity index (χ2n) is 19.3. The van der Waals surface area contributed by atoms with E-state index in [9.17, 15) is 0 Å². The first-order valence-corrected chi connectivity index (χ1v) is 20.5. The topological polar surface area (TPSA) is 4.93 Å². The lowest BCUT2D eigenvalue weighted by atomic mass is 9.59. The first-order valence-electron chi connectivity index (χ1n) is 20.5. The van der Waals surface area contributed by atoms with Crippen LogP contribution in [0.2, 0.25) is 0 Å². The van der Waals surface area contributed by atoms with E-state index in [0.29, 0.717) is 0 Å². The molecule has 1 spiro atoms. The number of hydrogen-bond acceptors (Lipinski definition) is 0. The quantitative estimate of drug-likeness (QED) is 0.159. The zero-order valence-corrected chi connectivity index (χ0v) is 33.7. The van der Waals surface area contributed by atoms with Gasteiger partial charge in [0.15, 0.2) is 0 Å². The minimum absolute atomic E-state index is 0.00868. The van der Waals surface area contributed by atoms with Crippen LogP contribution in [-0.2, 0) is 21.7 Å². The Morgan fingerprint density at radius 2 is 0.768 bits per heavy atom. The standard InChI is InChI=1S/C55H47N/c1-51(2)41-21-13-9-20-36(41)38-28-39-40-29-47-48(53(5,6)54(7,8)52(47,3)4)31-50(40)56(49(39)30-45(38)51)32-25-26-37-35-19-12-16-24-44(35)55(46(37)27-32)42-22-14-10-17-33(42)34-18-11-15-23-43(34)55/h9-31H,1-8H3.